The van der Waals surface area contributed by atoms with E-state index in [1.165, 1.54) is 40.6 Å². The molecule has 0 aliphatic rings. The van der Waals surface area contributed by atoms with Crippen LogP contribution in [0.2, 0.25) is 0 Å². The van der Waals surface area contributed by atoms with Crippen molar-refractivity contribution in [2.75, 3.05) is 5.43 Å². The Bertz CT molecular complexity index is 1080. The molecule has 2 aromatic heterocycles. The maximum Gasteiger partial charge on any atom is 0.329 e. The summed E-state index contributed by atoms with van der Waals surface area (Å²) in [6, 6.07) is 4.08. The lowest BCUT2D eigenvalue weighted by Crippen LogP contribution is -2.29. The molecule has 0 radical (unpaired) electrons. The number of nitrogens with zero attached hydrogens (tertiary/aromatic N) is 4. The van der Waals surface area contributed by atoms with Crippen LogP contribution >= 0.6 is 0 Å². The molecule has 0 amide bonds. The summed E-state index contributed by atoms with van der Waals surface area (Å²) in [5.74, 6) is 0.0451. The zero-order chi connectivity index (χ0) is 17.4. The fourth-order valence-electron chi connectivity index (χ4n) is 2.21. The van der Waals surface area contributed by atoms with Crippen molar-refractivity contribution in [3.63, 3.8) is 0 Å². The molecule has 3 rings (SSSR count). The molecule has 10 nitrogen and oxygen atoms in total. The molecule has 0 aliphatic carbocycles. The highest BCUT2D eigenvalue weighted by atomic mass is 16.3. The normalized spacial score (nSPS) is 11.4. The largest absolute Gasteiger partial charge is 0.508 e. The summed E-state index contributed by atoms with van der Waals surface area (Å²) in [4.78, 5) is 29.9. The number of aryl methyl sites for hydroxylation is 2. The Kier molecular flexibility index (Phi) is 3.56. The zero-order valence-corrected chi connectivity index (χ0v) is 12.8. The van der Waals surface area contributed by atoms with Crippen molar-refractivity contribution in [1.29, 1.82) is 0 Å². The van der Waals surface area contributed by atoms with E-state index in [2.05, 4.69) is 20.5 Å². The highest BCUT2D eigenvalue weighted by molar-refractivity contribution is 5.84. The van der Waals surface area contributed by atoms with Crippen LogP contribution in [0.15, 0.2) is 32.9 Å². The average molecular weight is 330 g/mol. The molecule has 2 heterocycles. The van der Waals surface area contributed by atoms with Crippen molar-refractivity contribution in [2.45, 2.75) is 0 Å². The number of aromatic nitrogens is 4. The van der Waals surface area contributed by atoms with Crippen LogP contribution in [-0.4, -0.2) is 35.5 Å². The third kappa shape index (κ3) is 2.49. The minimum Gasteiger partial charge on any atom is -0.508 e. The van der Waals surface area contributed by atoms with E-state index in [1.807, 2.05) is 0 Å². The summed E-state index contributed by atoms with van der Waals surface area (Å²) < 4.78 is 2.68. The van der Waals surface area contributed by atoms with E-state index in [0.29, 0.717) is 5.56 Å². The molecule has 24 heavy (non-hydrogen) atoms. The van der Waals surface area contributed by atoms with Gasteiger partial charge in [-0.15, -0.1) is 0 Å². The molecule has 124 valence electrons. The maximum absolute atomic E-state index is 11.9. The van der Waals surface area contributed by atoms with Gasteiger partial charge in [-0.2, -0.15) is 10.1 Å². The molecule has 1 aromatic carbocycles. The van der Waals surface area contributed by atoms with Gasteiger partial charge in [0, 0.05) is 25.7 Å². The van der Waals surface area contributed by atoms with Crippen LogP contribution in [-0.2, 0) is 14.1 Å². The number of benzene rings is 1. The van der Waals surface area contributed by atoms with Crippen molar-refractivity contribution in [1.82, 2.24) is 19.1 Å². The molecule has 4 N–H and O–H groups in total. The number of hydrazone groups is 1. The average Bonchev–Trinajstić information content (AvgIpc) is 2.85. The first-order valence-electron chi connectivity index (χ1n) is 6.85. The quantitative estimate of drug-likeness (QED) is 0.388. The van der Waals surface area contributed by atoms with Gasteiger partial charge in [0.25, 0.3) is 5.56 Å². The Labute approximate surface area is 134 Å². The Morgan fingerprint density at radius 3 is 2.71 bits per heavy atom. The molecule has 10 heteroatoms. The molecule has 0 spiro atoms. The first kappa shape index (κ1) is 15.3. The monoisotopic (exact) mass is 330 g/mol. The van der Waals surface area contributed by atoms with Crippen molar-refractivity contribution >= 4 is 23.3 Å². The third-order valence-electron chi connectivity index (χ3n) is 3.52. The van der Waals surface area contributed by atoms with Crippen LogP contribution in [0.1, 0.15) is 5.56 Å². The molecule has 0 fully saturated rings. The van der Waals surface area contributed by atoms with Crippen molar-refractivity contribution in [2.24, 2.45) is 19.2 Å². The van der Waals surface area contributed by atoms with Crippen LogP contribution in [0.5, 0.6) is 11.5 Å². The first-order chi connectivity index (χ1) is 11.4. The first-order valence-corrected chi connectivity index (χ1v) is 6.85. The van der Waals surface area contributed by atoms with Crippen LogP contribution in [0.4, 0.5) is 5.95 Å². The van der Waals surface area contributed by atoms with E-state index in [1.54, 1.807) is 7.05 Å². The van der Waals surface area contributed by atoms with Gasteiger partial charge in [0.2, 0.25) is 5.95 Å². The third-order valence-corrected chi connectivity index (χ3v) is 3.52. The molecule has 0 bridgehead atoms. The molecular formula is C14H14N6O4. The van der Waals surface area contributed by atoms with E-state index in [-0.39, 0.29) is 28.6 Å². The lowest BCUT2D eigenvalue weighted by atomic mass is 10.2. The second kappa shape index (κ2) is 5.57. The number of H-pyrrole nitrogens is 1. The summed E-state index contributed by atoms with van der Waals surface area (Å²) in [5.41, 5.74) is 2.36. The molecule has 0 saturated carbocycles. The lowest BCUT2D eigenvalue weighted by molar-refractivity contribution is 0.450. The number of nitrogens with one attached hydrogen (secondary N) is 2. The Morgan fingerprint density at radius 1 is 1.25 bits per heavy atom. The van der Waals surface area contributed by atoms with Gasteiger partial charge in [-0.3, -0.25) is 14.3 Å². The Morgan fingerprint density at radius 2 is 2.00 bits per heavy atom. The minimum atomic E-state index is -0.560. The summed E-state index contributed by atoms with van der Waals surface area (Å²) in [6.45, 7) is 0. The predicted octanol–water partition coefficient (Wildman–Crippen LogP) is -0.183. The number of aromatic hydroxyl groups is 2. The smallest absolute Gasteiger partial charge is 0.329 e. The Balaban J connectivity index is 1.96. The number of anilines is 1. The van der Waals surface area contributed by atoms with Gasteiger partial charge < -0.3 is 14.8 Å². The molecule has 0 aliphatic heterocycles. The van der Waals surface area contributed by atoms with E-state index < -0.39 is 11.2 Å². The topological polar surface area (TPSA) is 138 Å². The molecule has 0 saturated heterocycles. The van der Waals surface area contributed by atoms with E-state index in [4.69, 9.17) is 0 Å². The number of phenolic OH excluding ortho intramolecular Hbond substituents is 2. The summed E-state index contributed by atoms with van der Waals surface area (Å²) in [6.07, 6.45) is 1.33. The SMILES string of the molecule is Cn1c(N/N=C\c2ccc(O)cc2O)nc2c1c(=O)[nH]c(=O)n2C. The van der Waals surface area contributed by atoms with Gasteiger partial charge in [-0.05, 0) is 12.1 Å². The summed E-state index contributed by atoms with van der Waals surface area (Å²) in [7, 11) is 3.10. The number of rotatable bonds is 3. The number of phenols is 2. The fraction of sp³-hybridized carbons (Fsp3) is 0.143. The second-order valence-corrected chi connectivity index (χ2v) is 5.10. The van der Waals surface area contributed by atoms with Gasteiger partial charge in [-0.25, -0.2) is 10.2 Å². The molecule has 0 unspecified atom stereocenters. The van der Waals surface area contributed by atoms with Crippen molar-refractivity contribution in [3.8, 4) is 11.5 Å². The second-order valence-electron chi connectivity index (χ2n) is 5.10. The number of fused-ring (bicyclic) bond motifs is 1. The van der Waals surface area contributed by atoms with Gasteiger partial charge in [-0.1, -0.05) is 0 Å². The van der Waals surface area contributed by atoms with Gasteiger partial charge >= 0.3 is 5.69 Å². The van der Waals surface area contributed by atoms with Crippen molar-refractivity contribution < 1.29 is 10.2 Å². The number of aromatic amines is 1. The van der Waals surface area contributed by atoms with E-state index in [9.17, 15) is 19.8 Å². The minimum absolute atomic E-state index is 0.0619. The van der Waals surface area contributed by atoms with Crippen LogP contribution in [0, 0.1) is 0 Å². The van der Waals surface area contributed by atoms with E-state index >= 15 is 0 Å². The van der Waals surface area contributed by atoms with E-state index in [0.717, 1.165) is 0 Å². The predicted molar refractivity (Wildman–Crippen MR) is 87.6 cm³/mol. The van der Waals surface area contributed by atoms with Crippen LogP contribution in [0.3, 0.4) is 0 Å². The zero-order valence-electron chi connectivity index (χ0n) is 12.8. The molecule has 0 atom stereocenters. The number of hydrogen-bond donors (Lipinski definition) is 4. The van der Waals surface area contributed by atoms with Crippen LogP contribution in [0.25, 0.3) is 11.2 Å². The standard InChI is InChI=1S/C14H14N6O4/c1-19-10-11(20(2)14(24)17-12(10)23)16-13(19)18-15-6-7-3-4-8(21)5-9(7)22/h3-6,21-22H,1-2H3,(H,16,18)(H,17,23,24)/b15-6-. The Hall–Kier alpha value is -3.56. The number of hydrogen-bond acceptors (Lipinski definition) is 7. The highest BCUT2D eigenvalue weighted by Gasteiger charge is 2.14. The lowest BCUT2D eigenvalue weighted by Gasteiger charge is -2.01. The highest BCUT2D eigenvalue weighted by Crippen LogP contribution is 2.21. The number of imidazole rings is 1. The fourth-order valence-corrected chi connectivity index (χ4v) is 2.21. The molecule has 3 aromatic rings. The molecular weight excluding hydrogens is 316 g/mol. The van der Waals surface area contributed by atoms with Gasteiger partial charge in [0.05, 0.1) is 6.21 Å². The van der Waals surface area contributed by atoms with Gasteiger partial charge in [0.1, 0.15) is 11.5 Å². The van der Waals surface area contributed by atoms with Crippen molar-refractivity contribution in [3.05, 3.63) is 44.6 Å². The van der Waals surface area contributed by atoms with Gasteiger partial charge in [0.15, 0.2) is 11.2 Å². The summed E-state index contributed by atoms with van der Waals surface area (Å²) >= 11 is 0. The summed E-state index contributed by atoms with van der Waals surface area (Å²) in [5, 5.41) is 22.9. The van der Waals surface area contributed by atoms with Crippen LogP contribution < -0.4 is 16.7 Å². The maximum atomic E-state index is 11.9.